The quantitative estimate of drug-likeness (QED) is 0.313. The van der Waals surface area contributed by atoms with E-state index in [4.69, 9.17) is 0 Å². The van der Waals surface area contributed by atoms with Crippen molar-refractivity contribution in [2.45, 2.75) is 26.2 Å². The zero-order valence-electron chi connectivity index (χ0n) is 18.6. The first kappa shape index (κ1) is 22.5. The monoisotopic (exact) mass is 390 g/mol. The Morgan fingerprint density at radius 2 is 1.34 bits per heavy atom. The summed E-state index contributed by atoms with van der Waals surface area (Å²) in [6, 6.07) is 17.4. The van der Waals surface area contributed by atoms with Crippen LogP contribution in [-0.4, -0.2) is 34.5 Å². The fraction of sp³-hybridized carbons (Fsp3) is 0.346. The highest BCUT2D eigenvalue weighted by atomic mass is 16.1. The summed E-state index contributed by atoms with van der Waals surface area (Å²) >= 11 is 0. The van der Waals surface area contributed by atoms with Crippen LogP contribution in [-0.2, 0) is 4.79 Å². The fourth-order valence-electron chi connectivity index (χ4n) is 4.01. The smallest absolute Gasteiger partial charge is 0.145 e. The molecule has 1 atom stereocenters. The molecule has 0 radical (unpaired) electrons. The van der Waals surface area contributed by atoms with Crippen molar-refractivity contribution in [2.24, 2.45) is 5.41 Å². The van der Waals surface area contributed by atoms with Gasteiger partial charge in [-0.15, -0.1) is 6.58 Å². The molecule has 3 heteroatoms. The van der Waals surface area contributed by atoms with E-state index < -0.39 is 0 Å². The molecule has 2 aromatic rings. The summed E-state index contributed by atoms with van der Waals surface area (Å²) in [7, 11) is 8.18. The average Bonchev–Trinajstić information content (AvgIpc) is 2.69. The molecule has 2 rings (SSSR count). The molecule has 29 heavy (non-hydrogen) atoms. The molecule has 0 amide bonds. The van der Waals surface area contributed by atoms with E-state index in [1.807, 2.05) is 41.2 Å². The summed E-state index contributed by atoms with van der Waals surface area (Å²) < 4.78 is 0. The molecular weight excluding hydrogens is 356 g/mol. The largest absolute Gasteiger partial charge is 0.378 e. The standard InChI is InChI=1S/C26H34N2O/c1-8-17-26(3,18-20(2)19-29)25(21-9-13-23(14-10-21)27(4)5)22-11-15-24(16-12-22)28(6)7/h8-16,18-19,25H,1,17H2,2-7H3/b20-18-/t26-/m0/s1. The average molecular weight is 391 g/mol. The number of anilines is 2. The molecule has 0 aliphatic carbocycles. The SMILES string of the molecule is C=CC[C@@](C)(/C=C(/C)C=O)C(c1ccc(N(C)C)cc1)c1ccc(N(C)C)cc1. The molecule has 0 aromatic heterocycles. The Morgan fingerprint density at radius 1 is 0.931 bits per heavy atom. The molecule has 154 valence electrons. The van der Waals surface area contributed by atoms with Crippen LogP contribution in [0.25, 0.3) is 0 Å². The van der Waals surface area contributed by atoms with Crippen molar-refractivity contribution in [1.29, 1.82) is 0 Å². The van der Waals surface area contributed by atoms with Gasteiger partial charge in [0.25, 0.3) is 0 Å². The third-order valence-corrected chi connectivity index (χ3v) is 5.47. The molecule has 0 saturated heterocycles. The van der Waals surface area contributed by atoms with Crippen molar-refractivity contribution < 1.29 is 4.79 Å². The lowest BCUT2D eigenvalue weighted by molar-refractivity contribution is -0.104. The van der Waals surface area contributed by atoms with E-state index in [1.54, 1.807) is 0 Å². The maximum Gasteiger partial charge on any atom is 0.145 e. The summed E-state index contributed by atoms with van der Waals surface area (Å²) in [6.07, 6.45) is 5.76. The molecule has 2 aromatic carbocycles. The van der Waals surface area contributed by atoms with Crippen molar-refractivity contribution in [3.05, 3.63) is 84.0 Å². The van der Waals surface area contributed by atoms with Gasteiger partial charge in [-0.2, -0.15) is 0 Å². The van der Waals surface area contributed by atoms with Gasteiger partial charge < -0.3 is 9.80 Å². The molecule has 0 heterocycles. The van der Waals surface area contributed by atoms with Gasteiger partial charge in [-0.05, 0) is 54.3 Å². The van der Waals surface area contributed by atoms with Crippen LogP contribution in [0.3, 0.4) is 0 Å². The lowest BCUT2D eigenvalue weighted by Crippen LogP contribution is -2.25. The van der Waals surface area contributed by atoms with Crippen molar-refractivity contribution in [3.8, 4) is 0 Å². The minimum atomic E-state index is -0.272. The van der Waals surface area contributed by atoms with Crippen molar-refractivity contribution in [3.63, 3.8) is 0 Å². The lowest BCUT2D eigenvalue weighted by Gasteiger charge is -2.36. The molecule has 0 unspecified atom stereocenters. The Bertz CT molecular complexity index is 796. The van der Waals surface area contributed by atoms with Crippen LogP contribution in [0, 0.1) is 5.41 Å². The van der Waals surface area contributed by atoms with Gasteiger partial charge >= 0.3 is 0 Å². The number of hydrogen-bond donors (Lipinski definition) is 0. The van der Waals surface area contributed by atoms with E-state index in [9.17, 15) is 4.79 Å². The minimum Gasteiger partial charge on any atom is -0.378 e. The van der Waals surface area contributed by atoms with Gasteiger partial charge in [0.2, 0.25) is 0 Å². The number of aldehydes is 1. The number of carbonyl (C=O) groups is 1. The summed E-state index contributed by atoms with van der Waals surface area (Å²) in [6.45, 7) is 8.08. The summed E-state index contributed by atoms with van der Waals surface area (Å²) in [4.78, 5) is 15.6. The Hall–Kier alpha value is -2.81. The Labute approximate surface area is 176 Å². The van der Waals surface area contributed by atoms with E-state index in [2.05, 4.69) is 77.9 Å². The zero-order valence-corrected chi connectivity index (χ0v) is 18.6. The normalized spacial score (nSPS) is 13.7. The highest BCUT2D eigenvalue weighted by molar-refractivity contribution is 5.72. The highest BCUT2D eigenvalue weighted by Crippen LogP contribution is 2.46. The van der Waals surface area contributed by atoms with Crippen molar-refractivity contribution in [2.75, 3.05) is 38.0 Å². The van der Waals surface area contributed by atoms with Crippen LogP contribution in [0.4, 0.5) is 11.4 Å². The van der Waals surface area contributed by atoms with Gasteiger partial charge in [0, 0.05) is 50.9 Å². The maximum atomic E-state index is 11.4. The van der Waals surface area contributed by atoms with Crippen LogP contribution >= 0.6 is 0 Å². The molecule has 0 aliphatic rings. The predicted molar refractivity (Wildman–Crippen MR) is 126 cm³/mol. The fourth-order valence-corrected chi connectivity index (χ4v) is 4.01. The van der Waals surface area contributed by atoms with Crippen LogP contribution in [0.5, 0.6) is 0 Å². The van der Waals surface area contributed by atoms with Gasteiger partial charge in [-0.25, -0.2) is 0 Å². The van der Waals surface area contributed by atoms with E-state index in [0.29, 0.717) is 0 Å². The molecule has 0 N–H and O–H groups in total. The first-order valence-electron chi connectivity index (χ1n) is 10.0. The van der Waals surface area contributed by atoms with Crippen LogP contribution in [0.1, 0.15) is 37.3 Å². The topological polar surface area (TPSA) is 23.6 Å². The second-order valence-corrected chi connectivity index (χ2v) is 8.41. The van der Waals surface area contributed by atoms with Gasteiger partial charge in [0.1, 0.15) is 6.29 Å². The van der Waals surface area contributed by atoms with Gasteiger partial charge in [0.05, 0.1) is 0 Å². The number of hydrogen-bond acceptors (Lipinski definition) is 3. The number of nitrogens with zero attached hydrogens (tertiary/aromatic N) is 2. The van der Waals surface area contributed by atoms with E-state index in [-0.39, 0.29) is 11.3 Å². The molecule has 0 bridgehead atoms. The van der Waals surface area contributed by atoms with Crippen molar-refractivity contribution >= 4 is 17.7 Å². The Morgan fingerprint density at radius 3 is 1.66 bits per heavy atom. The first-order valence-corrected chi connectivity index (χ1v) is 10.0. The highest BCUT2D eigenvalue weighted by Gasteiger charge is 2.34. The van der Waals surface area contributed by atoms with Gasteiger partial charge in [-0.3, -0.25) is 4.79 Å². The molecule has 0 spiro atoms. The van der Waals surface area contributed by atoms with Crippen LogP contribution in [0.15, 0.2) is 72.8 Å². The van der Waals surface area contributed by atoms with E-state index in [1.165, 1.54) is 22.5 Å². The predicted octanol–water partition coefficient (Wildman–Crippen LogP) is 5.68. The van der Waals surface area contributed by atoms with Crippen molar-refractivity contribution in [1.82, 2.24) is 0 Å². The molecule has 3 nitrogen and oxygen atoms in total. The summed E-state index contributed by atoms with van der Waals surface area (Å²) in [5, 5.41) is 0. The maximum absolute atomic E-state index is 11.4. The second-order valence-electron chi connectivity index (χ2n) is 8.41. The molecule has 0 fully saturated rings. The number of carbonyl (C=O) groups excluding carboxylic acids is 1. The van der Waals surface area contributed by atoms with Crippen LogP contribution in [0.2, 0.25) is 0 Å². The molecule has 0 saturated carbocycles. The van der Waals surface area contributed by atoms with Gasteiger partial charge in [0.15, 0.2) is 0 Å². The second kappa shape index (κ2) is 9.60. The third-order valence-electron chi connectivity index (χ3n) is 5.47. The van der Waals surface area contributed by atoms with E-state index in [0.717, 1.165) is 18.3 Å². The number of benzene rings is 2. The zero-order chi connectivity index (χ0) is 21.6. The molecule has 0 aliphatic heterocycles. The number of allylic oxidation sites excluding steroid dienone is 3. The van der Waals surface area contributed by atoms with Crippen LogP contribution < -0.4 is 9.80 Å². The third kappa shape index (κ3) is 5.38. The van der Waals surface area contributed by atoms with E-state index >= 15 is 0 Å². The lowest BCUT2D eigenvalue weighted by atomic mass is 9.67. The Balaban J connectivity index is 2.65. The number of rotatable bonds is 9. The molecular formula is C26H34N2O. The first-order chi connectivity index (χ1) is 13.7. The summed E-state index contributed by atoms with van der Waals surface area (Å²) in [5.41, 5.74) is 5.27. The summed E-state index contributed by atoms with van der Waals surface area (Å²) in [5.74, 6) is 0.0998. The van der Waals surface area contributed by atoms with Gasteiger partial charge in [-0.1, -0.05) is 43.3 Å². The minimum absolute atomic E-state index is 0.0998. The Kier molecular flexibility index (Phi) is 7.44.